The molecule has 2 aliphatic rings. The van der Waals surface area contributed by atoms with Gasteiger partial charge in [0.2, 0.25) is 6.10 Å². The Morgan fingerprint density at radius 2 is 1.86 bits per heavy atom. The molecule has 0 aromatic carbocycles. The highest BCUT2D eigenvalue weighted by molar-refractivity contribution is 5.92. The zero-order chi connectivity index (χ0) is 15.4. The van der Waals surface area contributed by atoms with E-state index in [0.29, 0.717) is 0 Å². The van der Waals surface area contributed by atoms with Gasteiger partial charge in [-0.1, -0.05) is 13.0 Å². The van der Waals surface area contributed by atoms with Crippen LogP contribution in [-0.2, 0) is 28.6 Å². The first-order valence-corrected chi connectivity index (χ1v) is 7.22. The third-order valence-corrected chi connectivity index (χ3v) is 3.72. The van der Waals surface area contributed by atoms with E-state index in [1.165, 1.54) is 6.92 Å². The van der Waals surface area contributed by atoms with Gasteiger partial charge in [0.25, 0.3) is 0 Å². The topological polar surface area (TPSA) is 78.9 Å². The molecule has 0 N–H and O–H groups in total. The summed E-state index contributed by atoms with van der Waals surface area (Å²) in [5, 5.41) is 0. The second kappa shape index (κ2) is 6.74. The molecule has 1 saturated heterocycles. The highest BCUT2D eigenvalue weighted by Crippen LogP contribution is 2.25. The van der Waals surface area contributed by atoms with Crippen molar-refractivity contribution in [2.45, 2.75) is 51.2 Å². The summed E-state index contributed by atoms with van der Waals surface area (Å²) >= 11 is 0. The molecule has 1 aliphatic carbocycles. The van der Waals surface area contributed by atoms with Crippen molar-refractivity contribution in [1.29, 1.82) is 0 Å². The molecule has 1 heterocycles. The predicted molar refractivity (Wildman–Crippen MR) is 72.1 cm³/mol. The first-order chi connectivity index (χ1) is 9.99. The summed E-state index contributed by atoms with van der Waals surface area (Å²) < 4.78 is 15.2. The van der Waals surface area contributed by atoms with E-state index in [1.807, 2.05) is 0 Å². The number of rotatable bonds is 4. The Kier molecular flexibility index (Phi) is 4.98. The van der Waals surface area contributed by atoms with Gasteiger partial charge in [-0.2, -0.15) is 0 Å². The van der Waals surface area contributed by atoms with Crippen LogP contribution in [0.3, 0.4) is 0 Å². The van der Waals surface area contributed by atoms with Crippen molar-refractivity contribution in [2.24, 2.45) is 5.92 Å². The van der Waals surface area contributed by atoms with E-state index in [4.69, 9.17) is 14.2 Å². The van der Waals surface area contributed by atoms with Crippen LogP contribution in [0, 0.1) is 5.92 Å². The predicted octanol–water partition coefficient (Wildman–Crippen LogP) is 1.52. The Morgan fingerprint density at radius 3 is 2.48 bits per heavy atom. The fourth-order valence-corrected chi connectivity index (χ4v) is 2.48. The Hall–Kier alpha value is -1.85. The van der Waals surface area contributed by atoms with Gasteiger partial charge in [-0.15, -0.1) is 0 Å². The fraction of sp³-hybridized carbons (Fsp3) is 0.667. The molecule has 116 valence electrons. The van der Waals surface area contributed by atoms with E-state index in [0.717, 1.165) is 32.1 Å². The summed E-state index contributed by atoms with van der Waals surface area (Å²) in [7, 11) is 0. The molecule has 6 heteroatoms. The maximum absolute atomic E-state index is 12.2. The minimum absolute atomic E-state index is 0.112. The van der Waals surface area contributed by atoms with Crippen LogP contribution in [0.25, 0.3) is 0 Å². The molecular formula is C15H20O6. The lowest BCUT2D eigenvalue weighted by molar-refractivity contribution is -0.166. The maximum Gasteiger partial charge on any atom is 0.348 e. The number of hydrogen-bond donors (Lipinski definition) is 0. The molecule has 0 amide bonds. The van der Waals surface area contributed by atoms with Crippen LogP contribution in [0.5, 0.6) is 0 Å². The van der Waals surface area contributed by atoms with E-state index in [9.17, 15) is 14.4 Å². The van der Waals surface area contributed by atoms with Crippen LogP contribution in [-0.4, -0.2) is 36.7 Å². The zero-order valence-corrected chi connectivity index (χ0v) is 12.1. The lowest BCUT2D eigenvalue weighted by atomic mass is 9.97. The molecule has 2 fully saturated rings. The average Bonchev–Trinajstić information content (AvgIpc) is 2.81. The fourth-order valence-electron chi connectivity index (χ4n) is 2.48. The number of ether oxygens (including phenoxy) is 3. The highest BCUT2D eigenvalue weighted by Gasteiger charge is 2.46. The van der Waals surface area contributed by atoms with E-state index in [-0.39, 0.29) is 18.3 Å². The van der Waals surface area contributed by atoms with Crippen LogP contribution >= 0.6 is 0 Å². The zero-order valence-electron chi connectivity index (χ0n) is 12.1. The van der Waals surface area contributed by atoms with E-state index < -0.39 is 29.9 Å². The minimum atomic E-state index is -1.23. The Morgan fingerprint density at radius 1 is 1.19 bits per heavy atom. The lowest BCUT2D eigenvalue weighted by Crippen LogP contribution is -2.36. The number of esters is 3. The van der Waals surface area contributed by atoms with Crippen molar-refractivity contribution in [3.63, 3.8) is 0 Å². The molecule has 2 unspecified atom stereocenters. The molecule has 2 atom stereocenters. The van der Waals surface area contributed by atoms with Crippen LogP contribution in [0.1, 0.15) is 39.0 Å². The summed E-state index contributed by atoms with van der Waals surface area (Å²) in [5.74, 6) is -2.85. The molecule has 1 aliphatic heterocycles. The Bertz CT molecular complexity index is 449. The summed E-state index contributed by atoms with van der Waals surface area (Å²) in [6.07, 6.45) is 3.55. The second-order valence-corrected chi connectivity index (χ2v) is 5.54. The summed E-state index contributed by atoms with van der Waals surface area (Å²) in [5.41, 5.74) is 0.161. The highest BCUT2D eigenvalue weighted by atomic mass is 16.6. The molecule has 2 rings (SSSR count). The first-order valence-electron chi connectivity index (χ1n) is 7.22. The Labute approximate surface area is 123 Å². The van der Waals surface area contributed by atoms with Gasteiger partial charge in [0.15, 0.2) is 0 Å². The molecule has 0 aromatic heterocycles. The van der Waals surface area contributed by atoms with Gasteiger partial charge in [-0.05, 0) is 32.6 Å². The van der Waals surface area contributed by atoms with Crippen LogP contribution in [0.15, 0.2) is 12.2 Å². The average molecular weight is 296 g/mol. The van der Waals surface area contributed by atoms with Gasteiger partial charge < -0.3 is 14.2 Å². The quantitative estimate of drug-likeness (QED) is 0.444. The van der Waals surface area contributed by atoms with Crippen LogP contribution in [0.2, 0.25) is 0 Å². The summed E-state index contributed by atoms with van der Waals surface area (Å²) in [4.78, 5) is 35.3. The van der Waals surface area contributed by atoms with Crippen molar-refractivity contribution in [2.75, 3.05) is 6.61 Å². The number of cyclic esters (lactones) is 1. The first kappa shape index (κ1) is 15.5. The largest absolute Gasteiger partial charge is 0.462 e. The maximum atomic E-state index is 12.2. The number of hydrogen-bond acceptors (Lipinski definition) is 6. The van der Waals surface area contributed by atoms with Gasteiger partial charge in [-0.3, -0.25) is 4.79 Å². The van der Waals surface area contributed by atoms with Gasteiger partial charge in [0, 0.05) is 5.57 Å². The summed E-state index contributed by atoms with van der Waals surface area (Å²) in [6.45, 7) is 4.80. The van der Waals surface area contributed by atoms with Gasteiger partial charge >= 0.3 is 17.9 Å². The molecule has 6 nitrogen and oxygen atoms in total. The van der Waals surface area contributed by atoms with Crippen molar-refractivity contribution in [3.05, 3.63) is 12.2 Å². The molecule has 1 saturated carbocycles. The third-order valence-electron chi connectivity index (χ3n) is 3.72. The minimum Gasteiger partial charge on any atom is -0.462 e. The third kappa shape index (κ3) is 3.83. The monoisotopic (exact) mass is 296 g/mol. The van der Waals surface area contributed by atoms with Crippen LogP contribution in [0.4, 0.5) is 0 Å². The molecule has 0 spiro atoms. The smallest absolute Gasteiger partial charge is 0.348 e. The van der Waals surface area contributed by atoms with Gasteiger partial charge in [-0.25, -0.2) is 9.59 Å². The standard InChI is InChI=1S/C15H20O6/c1-9(2)13(16)21-12-11(8-19-15(12)18)14(17)20-10-6-4-3-5-7-10/h10-12H,1,3-8H2,2H3. The SMILES string of the molecule is C=C(C)C(=O)OC1C(=O)OCC1C(=O)OC1CCCCC1. The van der Waals surface area contributed by atoms with E-state index in [1.54, 1.807) is 0 Å². The van der Waals surface area contributed by atoms with Gasteiger partial charge in [0.05, 0.1) is 0 Å². The second-order valence-electron chi connectivity index (χ2n) is 5.54. The van der Waals surface area contributed by atoms with Crippen molar-refractivity contribution in [1.82, 2.24) is 0 Å². The van der Waals surface area contributed by atoms with Crippen molar-refractivity contribution in [3.8, 4) is 0 Å². The molecule has 0 bridgehead atoms. The molecule has 0 aromatic rings. The lowest BCUT2D eigenvalue weighted by Gasteiger charge is -2.24. The summed E-state index contributed by atoms with van der Waals surface area (Å²) in [6, 6.07) is 0. The van der Waals surface area contributed by atoms with Crippen LogP contribution < -0.4 is 0 Å². The van der Waals surface area contributed by atoms with Gasteiger partial charge in [0.1, 0.15) is 18.6 Å². The molecule has 0 radical (unpaired) electrons. The molecule has 21 heavy (non-hydrogen) atoms. The van der Waals surface area contributed by atoms with Crippen molar-refractivity contribution >= 4 is 17.9 Å². The Balaban J connectivity index is 1.96. The van der Waals surface area contributed by atoms with E-state index in [2.05, 4.69) is 6.58 Å². The normalized spacial score (nSPS) is 26.0. The number of carbonyl (C=O) groups is 3. The van der Waals surface area contributed by atoms with E-state index >= 15 is 0 Å². The number of carbonyl (C=O) groups excluding carboxylic acids is 3. The molecular weight excluding hydrogens is 276 g/mol. The van der Waals surface area contributed by atoms with Crippen molar-refractivity contribution < 1.29 is 28.6 Å².